The molecule has 3 N–H and O–H groups in total. The number of benzene rings is 1. The Bertz CT molecular complexity index is 607. The molecule has 0 heterocycles. The minimum atomic E-state index is -4.71. The number of nitrogens with one attached hydrogen (secondary N) is 2. The van der Waals surface area contributed by atoms with Crippen LogP contribution in [0.5, 0.6) is 0 Å². The van der Waals surface area contributed by atoms with Crippen LogP contribution in [0.1, 0.15) is 24.9 Å². The normalized spacial score (nSPS) is 16.0. The summed E-state index contributed by atoms with van der Waals surface area (Å²) in [5.41, 5.74) is 0.609. The van der Waals surface area contributed by atoms with Crippen molar-refractivity contribution in [1.82, 2.24) is 10.6 Å². The minimum absolute atomic E-state index is 0.00405. The van der Waals surface area contributed by atoms with Crippen LogP contribution in [0.25, 0.3) is 0 Å². The van der Waals surface area contributed by atoms with Crippen molar-refractivity contribution in [2.45, 2.75) is 43.8 Å². The van der Waals surface area contributed by atoms with E-state index in [1.54, 1.807) is 37.3 Å². The van der Waals surface area contributed by atoms with Crippen LogP contribution in [-0.4, -0.2) is 74.3 Å². The summed E-state index contributed by atoms with van der Waals surface area (Å²) >= 11 is 1.51. The first kappa shape index (κ1) is 26.7. The van der Waals surface area contributed by atoms with E-state index in [-0.39, 0.29) is 13.2 Å². The van der Waals surface area contributed by atoms with Gasteiger partial charge in [0.05, 0.1) is 25.4 Å². The van der Waals surface area contributed by atoms with Gasteiger partial charge < -0.3 is 19.9 Å². The van der Waals surface area contributed by atoms with E-state index in [1.165, 1.54) is 18.9 Å². The van der Waals surface area contributed by atoms with Crippen molar-refractivity contribution in [3.63, 3.8) is 0 Å². The highest BCUT2D eigenvalue weighted by atomic mass is 32.2. The first-order chi connectivity index (χ1) is 14.2. The molecule has 0 saturated heterocycles. The zero-order valence-electron chi connectivity index (χ0n) is 17.4. The lowest BCUT2D eigenvalue weighted by atomic mass is 10.0. The van der Waals surface area contributed by atoms with Gasteiger partial charge in [0.25, 0.3) is 0 Å². The third-order valence-corrected chi connectivity index (χ3v) is 5.05. The predicted octanol–water partition coefficient (Wildman–Crippen LogP) is 2.53. The summed E-state index contributed by atoms with van der Waals surface area (Å²) in [4.78, 5) is 12.0. The lowest BCUT2D eigenvalue weighted by Crippen LogP contribution is -2.56. The summed E-state index contributed by atoms with van der Waals surface area (Å²) in [6.07, 6.45) is -4.28. The summed E-state index contributed by atoms with van der Waals surface area (Å²) in [5, 5.41) is 15.6. The van der Waals surface area contributed by atoms with Crippen molar-refractivity contribution in [2.24, 2.45) is 0 Å². The van der Waals surface area contributed by atoms with Gasteiger partial charge in [-0.1, -0.05) is 30.3 Å². The lowest BCUT2D eigenvalue weighted by molar-refractivity contribution is -0.180. The van der Waals surface area contributed by atoms with E-state index in [2.05, 4.69) is 10.6 Å². The molecule has 0 aliphatic carbocycles. The van der Waals surface area contributed by atoms with Crippen molar-refractivity contribution < 1.29 is 32.5 Å². The van der Waals surface area contributed by atoms with Crippen molar-refractivity contribution in [1.29, 1.82) is 0 Å². The Morgan fingerprint density at radius 2 is 1.93 bits per heavy atom. The number of rotatable bonds is 14. The Morgan fingerprint density at radius 1 is 1.27 bits per heavy atom. The number of thioether (sulfide) groups is 1. The van der Waals surface area contributed by atoms with Crippen LogP contribution in [0.3, 0.4) is 0 Å². The van der Waals surface area contributed by atoms with Gasteiger partial charge in [0.1, 0.15) is 12.1 Å². The smallest absolute Gasteiger partial charge is 0.406 e. The number of carbonyl (C=O) groups excluding carboxylic acids is 1. The number of hydrogen-bond donors (Lipinski definition) is 3. The quantitative estimate of drug-likeness (QED) is 0.375. The second-order valence-electron chi connectivity index (χ2n) is 6.67. The van der Waals surface area contributed by atoms with E-state index in [0.717, 1.165) is 0 Å². The van der Waals surface area contributed by atoms with E-state index in [9.17, 15) is 23.1 Å². The molecule has 10 heteroatoms. The molecule has 0 aromatic heterocycles. The highest BCUT2D eigenvalue weighted by molar-refractivity contribution is 7.98. The Kier molecular flexibility index (Phi) is 12.3. The Hall–Kier alpha value is -1.33. The number of alkyl halides is 3. The van der Waals surface area contributed by atoms with Gasteiger partial charge in [-0.15, -0.1) is 0 Å². The molecule has 172 valence electrons. The van der Waals surface area contributed by atoms with Crippen LogP contribution in [0.2, 0.25) is 0 Å². The molecule has 1 rings (SSSR count). The molecule has 0 saturated carbocycles. The number of aliphatic hydroxyl groups excluding tert-OH is 1. The maximum Gasteiger partial charge on any atom is 0.406 e. The molecular weight excluding hydrogens is 421 g/mol. The number of halogens is 3. The van der Waals surface area contributed by atoms with Crippen molar-refractivity contribution in [2.75, 3.05) is 38.9 Å². The summed E-state index contributed by atoms with van der Waals surface area (Å²) < 4.78 is 51.2. The number of methoxy groups -OCH3 is 1. The number of esters is 1. The Morgan fingerprint density at radius 3 is 2.47 bits per heavy atom. The maximum absolute atomic E-state index is 13.7. The molecule has 1 aromatic carbocycles. The second kappa shape index (κ2) is 13.9. The fourth-order valence-electron chi connectivity index (χ4n) is 2.90. The molecule has 6 nitrogen and oxygen atoms in total. The standard InChI is InChI=1S/C20H31F3N2O4S/c1-4-29-19(27)15(10-11-30-3)24-12-17(26)18(20(21,22)23)25-16(13-28-2)14-8-6-5-7-9-14/h5-9,15-18,24-26H,4,10-13H2,1-3H3/t15-,16-,17-,18+/m0/s1. The van der Waals surface area contributed by atoms with Crippen LogP contribution in [-0.2, 0) is 14.3 Å². The fraction of sp³-hybridized carbons (Fsp3) is 0.650. The minimum Gasteiger partial charge on any atom is -0.465 e. The van der Waals surface area contributed by atoms with Crippen molar-refractivity contribution >= 4 is 17.7 Å². The molecule has 0 radical (unpaired) electrons. The van der Waals surface area contributed by atoms with Crippen LogP contribution < -0.4 is 10.6 Å². The summed E-state index contributed by atoms with van der Waals surface area (Å²) in [7, 11) is 1.40. The molecule has 0 amide bonds. The van der Waals surface area contributed by atoms with Crippen molar-refractivity contribution in [3.05, 3.63) is 35.9 Å². The van der Waals surface area contributed by atoms with Gasteiger partial charge in [0, 0.05) is 13.7 Å². The SMILES string of the molecule is CCOC(=O)[C@H](CCSC)NC[C@H](O)[C@@H](N[C@@H](COC)c1ccccc1)C(F)(F)F. The highest BCUT2D eigenvalue weighted by Gasteiger charge is 2.45. The fourth-order valence-corrected chi connectivity index (χ4v) is 3.37. The number of aliphatic hydroxyl groups is 1. The zero-order chi connectivity index (χ0) is 22.6. The monoisotopic (exact) mass is 452 g/mol. The average Bonchev–Trinajstić information content (AvgIpc) is 2.70. The Labute approximate surface area is 179 Å². The molecular formula is C20H31F3N2O4S. The second-order valence-corrected chi connectivity index (χ2v) is 7.65. The van der Waals surface area contributed by atoms with E-state index >= 15 is 0 Å². The van der Waals surface area contributed by atoms with Gasteiger partial charge in [0.15, 0.2) is 0 Å². The molecule has 0 aliphatic rings. The van der Waals surface area contributed by atoms with Gasteiger partial charge in [-0.2, -0.15) is 24.9 Å². The summed E-state index contributed by atoms with van der Waals surface area (Å²) in [6.45, 7) is 1.39. The molecule has 4 atom stereocenters. The third-order valence-electron chi connectivity index (χ3n) is 4.41. The van der Waals surface area contributed by atoms with E-state index in [1.807, 2.05) is 6.26 Å². The molecule has 30 heavy (non-hydrogen) atoms. The topological polar surface area (TPSA) is 79.8 Å². The average molecular weight is 453 g/mol. The first-order valence-corrected chi connectivity index (χ1v) is 11.1. The number of carbonyl (C=O) groups is 1. The van der Waals surface area contributed by atoms with E-state index in [4.69, 9.17) is 9.47 Å². The largest absolute Gasteiger partial charge is 0.465 e. The van der Waals surface area contributed by atoms with Gasteiger partial charge in [0.2, 0.25) is 0 Å². The molecule has 0 unspecified atom stereocenters. The molecule has 0 fully saturated rings. The maximum atomic E-state index is 13.7. The first-order valence-electron chi connectivity index (χ1n) is 9.68. The van der Waals surface area contributed by atoms with E-state index in [0.29, 0.717) is 17.7 Å². The van der Waals surface area contributed by atoms with Gasteiger partial charge in [-0.3, -0.25) is 10.1 Å². The zero-order valence-corrected chi connectivity index (χ0v) is 18.3. The van der Waals surface area contributed by atoms with Gasteiger partial charge in [-0.25, -0.2) is 0 Å². The van der Waals surface area contributed by atoms with Crippen LogP contribution >= 0.6 is 11.8 Å². The molecule has 1 aromatic rings. The molecule has 0 aliphatic heterocycles. The van der Waals surface area contributed by atoms with Crippen molar-refractivity contribution in [3.8, 4) is 0 Å². The highest BCUT2D eigenvalue weighted by Crippen LogP contribution is 2.26. The van der Waals surface area contributed by atoms with Crippen LogP contribution in [0.15, 0.2) is 30.3 Å². The third kappa shape index (κ3) is 9.22. The van der Waals surface area contributed by atoms with Gasteiger partial charge >= 0.3 is 12.1 Å². The summed E-state index contributed by atoms with van der Waals surface area (Å²) in [6, 6.07) is 4.80. The molecule has 0 bridgehead atoms. The lowest BCUT2D eigenvalue weighted by Gasteiger charge is -2.31. The number of ether oxygens (including phenoxy) is 2. The van der Waals surface area contributed by atoms with Crippen LogP contribution in [0.4, 0.5) is 13.2 Å². The molecule has 0 spiro atoms. The van der Waals surface area contributed by atoms with E-state index < -0.39 is 42.9 Å². The summed E-state index contributed by atoms with van der Waals surface area (Å²) in [5.74, 6) is 0.0778. The van der Waals surface area contributed by atoms with Crippen LogP contribution in [0, 0.1) is 0 Å². The van der Waals surface area contributed by atoms with Gasteiger partial charge in [-0.05, 0) is 30.9 Å². The number of hydrogen-bond acceptors (Lipinski definition) is 7. The Balaban J connectivity index is 2.89. The predicted molar refractivity (Wildman–Crippen MR) is 111 cm³/mol.